The van der Waals surface area contributed by atoms with Gasteiger partial charge < -0.3 is 5.32 Å². The number of pyridine rings is 1. The number of fused-ring (bicyclic) bond motifs is 1. The molecule has 0 saturated heterocycles. The summed E-state index contributed by atoms with van der Waals surface area (Å²) >= 11 is 5.99. The van der Waals surface area contributed by atoms with Gasteiger partial charge in [-0.2, -0.15) is 0 Å². The van der Waals surface area contributed by atoms with E-state index in [0.717, 1.165) is 0 Å². The number of nitrogens with one attached hydrogen (secondary N) is 1. The van der Waals surface area contributed by atoms with Gasteiger partial charge in [0.1, 0.15) is 16.8 Å². The van der Waals surface area contributed by atoms with Crippen LogP contribution in [0, 0.1) is 11.6 Å². The van der Waals surface area contributed by atoms with Crippen LogP contribution in [0.3, 0.4) is 0 Å². The van der Waals surface area contributed by atoms with E-state index in [2.05, 4.69) is 10.3 Å². The van der Waals surface area contributed by atoms with Gasteiger partial charge in [-0.3, -0.25) is 4.79 Å². The molecule has 3 rings (SSSR count). The second kappa shape index (κ2) is 6.30. The smallest absolute Gasteiger partial charge is 0.254 e. The second-order valence-electron chi connectivity index (χ2n) is 4.94. The van der Waals surface area contributed by atoms with Gasteiger partial charge in [-0.15, -0.1) is 0 Å². The normalized spacial score (nSPS) is 10.7. The third-order valence-electron chi connectivity index (χ3n) is 3.38. The molecular formula is C17H11ClF2N2O. The minimum Gasteiger partial charge on any atom is -0.348 e. The zero-order chi connectivity index (χ0) is 16.4. The summed E-state index contributed by atoms with van der Waals surface area (Å²) in [5.74, 6) is -1.30. The van der Waals surface area contributed by atoms with Gasteiger partial charge in [0, 0.05) is 23.6 Å². The van der Waals surface area contributed by atoms with E-state index in [4.69, 9.17) is 11.6 Å². The van der Waals surface area contributed by atoms with Gasteiger partial charge in [-0.25, -0.2) is 13.8 Å². The van der Waals surface area contributed by atoms with Crippen LogP contribution >= 0.6 is 11.6 Å². The number of benzene rings is 2. The highest BCUT2D eigenvalue weighted by atomic mass is 35.5. The molecule has 0 aliphatic rings. The van der Waals surface area contributed by atoms with Crippen molar-refractivity contribution in [3.8, 4) is 0 Å². The molecule has 0 aliphatic heterocycles. The molecule has 116 valence electrons. The van der Waals surface area contributed by atoms with E-state index in [1.165, 1.54) is 30.3 Å². The Labute approximate surface area is 135 Å². The van der Waals surface area contributed by atoms with Gasteiger partial charge in [0.05, 0.1) is 11.1 Å². The van der Waals surface area contributed by atoms with Crippen molar-refractivity contribution in [1.29, 1.82) is 0 Å². The molecule has 23 heavy (non-hydrogen) atoms. The van der Waals surface area contributed by atoms with Crippen molar-refractivity contribution in [1.82, 2.24) is 10.3 Å². The molecule has 1 aromatic heterocycles. The number of carbonyl (C=O) groups excluding carboxylic acids is 1. The van der Waals surface area contributed by atoms with E-state index in [9.17, 15) is 13.6 Å². The summed E-state index contributed by atoms with van der Waals surface area (Å²) in [6.07, 6.45) is 0. The molecule has 0 bridgehead atoms. The highest BCUT2D eigenvalue weighted by Gasteiger charge is 2.14. The molecule has 6 heteroatoms. The topological polar surface area (TPSA) is 42.0 Å². The van der Waals surface area contributed by atoms with Gasteiger partial charge in [0.2, 0.25) is 0 Å². The minimum atomic E-state index is -0.475. The molecule has 1 amide bonds. The lowest BCUT2D eigenvalue weighted by Gasteiger charge is -2.08. The van der Waals surface area contributed by atoms with Crippen LogP contribution in [0.1, 0.15) is 15.9 Å². The van der Waals surface area contributed by atoms with Gasteiger partial charge >= 0.3 is 0 Å². The Morgan fingerprint density at radius 1 is 1.13 bits per heavy atom. The molecule has 0 saturated carbocycles. The van der Waals surface area contributed by atoms with E-state index in [0.29, 0.717) is 16.5 Å². The number of aromatic nitrogens is 1. The summed E-state index contributed by atoms with van der Waals surface area (Å²) < 4.78 is 26.7. The summed E-state index contributed by atoms with van der Waals surface area (Å²) in [5.41, 5.74) is 0.885. The van der Waals surface area contributed by atoms with Crippen molar-refractivity contribution in [3.63, 3.8) is 0 Å². The Balaban J connectivity index is 1.84. The lowest BCUT2D eigenvalue weighted by atomic mass is 10.1. The van der Waals surface area contributed by atoms with Crippen LogP contribution in [-0.4, -0.2) is 10.9 Å². The molecule has 2 aromatic carbocycles. The number of halogens is 3. The monoisotopic (exact) mass is 332 g/mol. The Morgan fingerprint density at radius 3 is 2.70 bits per heavy atom. The van der Waals surface area contributed by atoms with Crippen molar-refractivity contribution >= 4 is 28.4 Å². The first-order valence-corrected chi connectivity index (χ1v) is 7.20. The number of rotatable bonds is 3. The Kier molecular flexibility index (Phi) is 4.21. The van der Waals surface area contributed by atoms with Crippen molar-refractivity contribution in [2.45, 2.75) is 6.54 Å². The van der Waals surface area contributed by atoms with E-state index in [1.807, 2.05) is 0 Å². The molecule has 0 fully saturated rings. The van der Waals surface area contributed by atoms with Crippen molar-refractivity contribution in [2.24, 2.45) is 0 Å². The predicted molar refractivity (Wildman–Crippen MR) is 84.3 cm³/mol. The minimum absolute atomic E-state index is 0.0310. The molecule has 3 aromatic rings. The quantitative estimate of drug-likeness (QED) is 0.734. The van der Waals surface area contributed by atoms with E-state index in [-0.39, 0.29) is 17.3 Å². The van der Waals surface area contributed by atoms with Crippen molar-refractivity contribution in [2.75, 3.05) is 0 Å². The maximum Gasteiger partial charge on any atom is 0.254 e. The zero-order valence-corrected chi connectivity index (χ0v) is 12.6. The lowest BCUT2D eigenvalue weighted by molar-refractivity contribution is 0.0950. The highest BCUT2D eigenvalue weighted by molar-refractivity contribution is 6.33. The third-order valence-corrected chi connectivity index (χ3v) is 3.66. The predicted octanol–water partition coefficient (Wildman–Crippen LogP) is 4.10. The first kappa shape index (κ1) is 15.4. The largest absolute Gasteiger partial charge is 0.348 e. The molecule has 0 atom stereocenters. The standard InChI is InChI=1S/C17H11ClF2N2O/c18-16-13(7-10-5-6-12(19)8-15(10)22-16)17(23)21-9-11-3-1-2-4-14(11)20/h1-8H,9H2,(H,21,23). The van der Waals surface area contributed by atoms with Crippen molar-refractivity contribution < 1.29 is 13.6 Å². The summed E-state index contributed by atoms with van der Waals surface area (Å²) in [4.78, 5) is 16.2. The average Bonchev–Trinajstić information content (AvgIpc) is 2.53. The Bertz CT molecular complexity index is 899. The van der Waals surface area contributed by atoms with Crippen LogP contribution in [-0.2, 0) is 6.54 Å². The van der Waals surface area contributed by atoms with Crippen LogP contribution in [0.5, 0.6) is 0 Å². The fraction of sp³-hybridized carbons (Fsp3) is 0.0588. The molecule has 0 aliphatic carbocycles. The van der Waals surface area contributed by atoms with Crippen LogP contribution < -0.4 is 5.32 Å². The molecule has 0 radical (unpaired) electrons. The molecule has 0 spiro atoms. The first-order chi connectivity index (χ1) is 11.0. The van der Waals surface area contributed by atoms with Gasteiger partial charge in [-0.05, 0) is 24.3 Å². The number of hydrogen-bond donors (Lipinski definition) is 1. The van der Waals surface area contributed by atoms with Crippen LogP contribution in [0.4, 0.5) is 8.78 Å². The lowest BCUT2D eigenvalue weighted by Crippen LogP contribution is -2.24. The average molecular weight is 333 g/mol. The molecule has 1 heterocycles. The van der Waals surface area contributed by atoms with Gasteiger partial charge in [0.15, 0.2) is 0 Å². The van der Waals surface area contributed by atoms with E-state index < -0.39 is 17.5 Å². The molecule has 3 nitrogen and oxygen atoms in total. The Hall–Kier alpha value is -2.53. The van der Waals surface area contributed by atoms with E-state index >= 15 is 0 Å². The van der Waals surface area contributed by atoms with Crippen LogP contribution in [0.2, 0.25) is 5.15 Å². The van der Waals surface area contributed by atoms with Gasteiger partial charge in [0.25, 0.3) is 5.91 Å². The van der Waals surface area contributed by atoms with Crippen LogP contribution in [0.25, 0.3) is 10.9 Å². The maximum absolute atomic E-state index is 13.5. The summed E-state index contributed by atoms with van der Waals surface area (Å²) in [5, 5.41) is 3.15. The van der Waals surface area contributed by atoms with Crippen LogP contribution in [0.15, 0.2) is 48.5 Å². The SMILES string of the molecule is O=C(NCc1ccccc1F)c1cc2ccc(F)cc2nc1Cl. The summed E-state index contributed by atoms with van der Waals surface area (Å²) in [7, 11) is 0. The Morgan fingerprint density at radius 2 is 1.91 bits per heavy atom. The molecule has 0 unspecified atom stereocenters. The highest BCUT2D eigenvalue weighted by Crippen LogP contribution is 2.21. The first-order valence-electron chi connectivity index (χ1n) is 6.82. The van der Waals surface area contributed by atoms with Gasteiger partial charge in [-0.1, -0.05) is 29.8 Å². The summed E-state index contributed by atoms with van der Waals surface area (Å²) in [6, 6.07) is 11.7. The van der Waals surface area contributed by atoms with E-state index in [1.54, 1.807) is 18.2 Å². The number of amides is 1. The molecule has 1 N–H and O–H groups in total. The third kappa shape index (κ3) is 3.29. The number of hydrogen-bond acceptors (Lipinski definition) is 2. The number of nitrogens with zero attached hydrogens (tertiary/aromatic N) is 1. The van der Waals surface area contributed by atoms with Crippen molar-refractivity contribution in [3.05, 3.63) is 76.4 Å². The molecular weight excluding hydrogens is 322 g/mol. The fourth-order valence-electron chi connectivity index (χ4n) is 2.19. The maximum atomic E-state index is 13.5. The number of carbonyl (C=O) groups is 1. The second-order valence-corrected chi connectivity index (χ2v) is 5.30. The summed E-state index contributed by atoms with van der Waals surface area (Å²) in [6.45, 7) is 0.0310. The zero-order valence-electron chi connectivity index (χ0n) is 11.8. The fourth-order valence-corrected chi connectivity index (χ4v) is 2.42.